The lowest BCUT2D eigenvalue weighted by Gasteiger charge is -2.26. The first kappa shape index (κ1) is 19.1. The highest BCUT2D eigenvalue weighted by atomic mass is 16.6. The molecule has 2 aromatic carbocycles. The molecule has 8 nitrogen and oxygen atoms in total. The number of nitrogens with zero attached hydrogens (tertiary/aromatic N) is 2. The Labute approximate surface area is 167 Å². The molecular weight excluding hydrogens is 374 g/mol. The van der Waals surface area contributed by atoms with E-state index in [1.165, 1.54) is 4.90 Å². The lowest BCUT2D eigenvalue weighted by atomic mass is 10.1. The molecule has 3 aliphatic rings. The summed E-state index contributed by atoms with van der Waals surface area (Å²) in [6.07, 6.45) is 0.0483. The van der Waals surface area contributed by atoms with Crippen LogP contribution in [0.5, 0.6) is 0 Å². The van der Waals surface area contributed by atoms with E-state index >= 15 is 0 Å². The second-order valence-electron chi connectivity index (χ2n) is 6.91. The van der Waals surface area contributed by atoms with Crippen LogP contribution in [0.4, 0.5) is 11.4 Å². The highest BCUT2D eigenvalue weighted by Gasteiger charge is 2.39. The molecule has 0 radical (unpaired) electrons. The van der Waals surface area contributed by atoms with Gasteiger partial charge in [-0.05, 0) is 36.4 Å². The summed E-state index contributed by atoms with van der Waals surface area (Å²) in [5.74, 6) is -0.404. The third kappa shape index (κ3) is 4.13. The van der Waals surface area contributed by atoms with E-state index in [9.17, 15) is 14.4 Å². The summed E-state index contributed by atoms with van der Waals surface area (Å²) in [5.41, 5.74) is 8.15. The Kier molecular flexibility index (Phi) is 5.28. The molecule has 2 aromatic rings. The fourth-order valence-corrected chi connectivity index (χ4v) is 3.23. The maximum atomic E-state index is 11.8. The number of epoxide rings is 1. The van der Waals surface area contributed by atoms with Gasteiger partial charge in [-0.25, -0.2) is 0 Å². The molecule has 3 amide bonds. The molecule has 0 saturated carbocycles. The highest BCUT2D eigenvalue weighted by molar-refractivity contribution is 6.21. The minimum atomic E-state index is -0.203. The van der Waals surface area contributed by atoms with Crippen LogP contribution < -0.4 is 10.6 Å². The number of fused-ring (bicyclic) bond motifs is 1. The average Bonchev–Trinajstić information content (AvgIpc) is 3.53. The number of carbonyl (C=O) groups excluding carboxylic acids is 3. The minimum absolute atomic E-state index is 0.000946. The number of hydrogen-bond acceptors (Lipinski definition) is 6. The Hall–Kier alpha value is -3.23. The number of ether oxygens (including phenoxy) is 2. The molecule has 29 heavy (non-hydrogen) atoms. The molecule has 0 aromatic heterocycles. The van der Waals surface area contributed by atoms with Gasteiger partial charge in [-0.3, -0.25) is 19.3 Å². The summed E-state index contributed by atoms with van der Waals surface area (Å²) in [5, 5.41) is 0. The van der Waals surface area contributed by atoms with Crippen LogP contribution in [0.1, 0.15) is 20.7 Å². The van der Waals surface area contributed by atoms with Crippen molar-refractivity contribution in [2.24, 2.45) is 0 Å². The Morgan fingerprint density at radius 3 is 2.14 bits per heavy atom. The predicted octanol–water partition coefficient (Wildman–Crippen LogP) is 1.31. The topological polar surface area (TPSA) is 105 Å². The van der Waals surface area contributed by atoms with Gasteiger partial charge >= 0.3 is 0 Å². The molecule has 5 rings (SSSR count). The van der Waals surface area contributed by atoms with E-state index in [4.69, 9.17) is 15.2 Å². The van der Waals surface area contributed by atoms with Crippen molar-refractivity contribution >= 4 is 29.1 Å². The van der Waals surface area contributed by atoms with Gasteiger partial charge < -0.3 is 20.1 Å². The summed E-state index contributed by atoms with van der Waals surface area (Å²) < 4.78 is 10.1. The van der Waals surface area contributed by atoms with E-state index in [1.807, 2.05) is 12.1 Å². The number of benzene rings is 2. The first-order valence-electron chi connectivity index (χ1n) is 9.35. The van der Waals surface area contributed by atoms with Crippen molar-refractivity contribution in [1.82, 2.24) is 4.90 Å². The van der Waals surface area contributed by atoms with Gasteiger partial charge in [0, 0.05) is 17.9 Å². The maximum Gasteiger partial charge on any atom is 0.261 e. The van der Waals surface area contributed by atoms with E-state index in [1.54, 1.807) is 41.3 Å². The van der Waals surface area contributed by atoms with Crippen molar-refractivity contribution < 1.29 is 23.9 Å². The summed E-state index contributed by atoms with van der Waals surface area (Å²) >= 11 is 0. The quantitative estimate of drug-likeness (QED) is 0.477. The van der Waals surface area contributed by atoms with Crippen LogP contribution in [0.3, 0.4) is 0 Å². The molecule has 1 atom stereocenters. The number of nitrogen functional groups attached to an aromatic ring is 1. The molecule has 2 fully saturated rings. The van der Waals surface area contributed by atoms with Crippen LogP contribution in [0, 0.1) is 0 Å². The first-order chi connectivity index (χ1) is 14.0. The minimum Gasteiger partial charge on any atom is -0.399 e. The van der Waals surface area contributed by atoms with Crippen molar-refractivity contribution in [3.05, 3.63) is 59.7 Å². The largest absolute Gasteiger partial charge is 0.399 e. The van der Waals surface area contributed by atoms with E-state index in [0.29, 0.717) is 43.1 Å². The Bertz CT molecular complexity index is 905. The standard InChI is InChI=1S/C11H9NO3.C10H12N2O2/c13-10-8-3-1-2-4-9(8)11(14)12(10)5-7-6-15-7;11-8-1-3-9(4-2-8)12-5-6-14-7-10(12)13/h1-4,7H,5-6H2;1-4H,5-7,11H2/t7-;/m0./s1. The summed E-state index contributed by atoms with van der Waals surface area (Å²) in [6, 6.07) is 14.2. The van der Waals surface area contributed by atoms with Gasteiger partial charge in [0.1, 0.15) is 6.61 Å². The second kappa shape index (κ2) is 8.02. The van der Waals surface area contributed by atoms with Gasteiger partial charge in [0.2, 0.25) is 0 Å². The monoisotopic (exact) mass is 395 g/mol. The molecule has 0 aliphatic carbocycles. The van der Waals surface area contributed by atoms with Crippen molar-refractivity contribution in [3.8, 4) is 0 Å². The molecular formula is C21H21N3O5. The zero-order valence-electron chi connectivity index (χ0n) is 15.7. The molecule has 3 aliphatic heterocycles. The number of amides is 3. The Morgan fingerprint density at radius 2 is 1.59 bits per heavy atom. The van der Waals surface area contributed by atoms with Crippen molar-refractivity contribution in [1.29, 1.82) is 0 Å². The van der Waals surface area contributed by atoms with Gasteiger partial charge in [0.05, 0.1) is 37.0 Å². The van der Waals surface area contributed by atoms with Crippen molar-refractivity contribution in [2.75, 3.05) is 43.5 Å². The molecule has 8 heteroatoms. The number of anilines is 2. The third-order valence-electron chi connectivity index (χ3n) is 4.86. The second-order valence-corrected chi connectivity index (χ2v) is 6.91. The normalized spacial score (nSPS) is 20.3. The number of rotatable bonds is 3. The van der Waals surface area contributed by atoms with Gasteiger partial charge in [-0.15, -0.1) is 0 Å². The lowest BCUT2D eigenvalue weighted by Crippen LogP contribution is -2.41. The number of nitrogens with two attached hydrogens (primary N) is 1. The van der Waals surface area contributed by atoms with Crippen molar-refractivity contribution in [3.63, 3.8) is 0 Å². The molecule has 0 spiro atoms. The lowest BCUT2D eigenvalue weighted by molar-refractivity contribution is -0.125. The van der Waals surface area contributed by atoms with Gasteiger partial charge in [0.25, 0.3) is 17.7 Å². The zero-order chi connectivity index (χ0) is 20.4. The van der Waals surface area contributed by atoms with Crippen LogP contribution in [0.15, 0.2) is 48.5 Å². The molecule has 0 unspecified atom stereocenters. The summed E-state index contributed by atoms with van der Waals surface area (Å²) in [4.78, 5) is 38.1. The SMILES string of the molecule is Nc1ccc(N2CCOCC2=O)cc1.O=C1c2ccccc2C(=O)N1C[C@H]1CO1. The summed E-state index contributed by atoms with van der Waals surface area (Å²) in [7, 11) is 0. The van der Waals surface area contributed by atoms with Gasteiger partial charge in [-0.1, -0.05) is 12.1 Å². The average molecular weight is 395 g/mol. The molecule has 150 valence electrons. The van der Waals surface area contributed by atoms with E-state index < -0.39 is 0 Å². The molecule has 3 heterocycles. The van der Waals surface area contributed by atoms with Crippen LogP contribution in [-0.4, -0.2) is 61.6 Å². The highest BCUT2D eigenvalue weighted by Crippen LogP contribution is 2.24. The maximum absolute atomic E-state index is 11.8. The zero-order valence-corrected chi connectivity index (χ0v) is 15.7. The van der Waals surface area contributed by atoms with Gasteiger partial charge in [0.15, 0.2) is 0 Å². The fourth-order valence-electron chi connectivity index (χ4n) is 3.23. The molecule has 2 saturated heterocycles. The third-order valence-corrected chi connectivity index (χ3v) is 4.86. The van der Waals surface area contributed by atoms with Crippen LogP contribution in [-0.2, 0) is 14.3 Å². The molecule has 2 N–H and O–H groups in total. The Morgan fingerprint density at radius 1 is 0.966 bits per heavy atom. The van der Waals surface area contributed by atoms with E-state index in [-0.39, 0.29) is 30.4 Å². The van der Waals surface area contributed by atoms with Crippen LogP contribution in [0.2, 0.25) is 0 Å². The number of hydrogen-bond donors (Lipinski definition) is 1. The summed E-state index contributed by atoms with van der Waals surface area (Å²) in [6.45, 7) is 2.41. The Balaban J connectivity index is 0.000000142. The number of carbonyl (C=O) groups is 3. The number of morpholine rings is 1. The van der Waals surface area contributed by atoms with Crippen LogP contribution in [0.25, 0.3) is 0 Å². The molecule has 0 bridgehead atoms. The smallest absolute Gasteiger partial charge is 0.261 e. The van der Waals surface area contributed by atoms with Crippen molar-refractivity contribution in [2.45, 2.75) is 6.10 Å². The van der Waals surface area contributed by atoms with Gasteiger partial charge in [-0.2, -0.15) is 0 Å². The first-order valence-corrected chi connectivity index (χ1v) is 9.35. The predicted molar refractivity (Wildman–Crippen MR) is 106 cm³/mol. The van der Waals surface area contributed by atoms with E-state index in [0.717, 1.165) is 5.69 Å². The number of imide groups is 1. The van der Waals surface area contributed by atoms with Crippen LogP contribution >= 0.6 is 0 Å². The van der Waals surface area contributed by atoms with E-state index in [2.05, 4.69) is 0 Å². The fraction of sp³-hybridized carbons (Fsp3) is 0.286.